The minimum Gasteiger partial charge on any atom is -0.481 e. The molecular weight excluding hydrogens is 336 g/mol. The number of benzene rings is 1. The van der Waals surface area contributed by atoms with Crippen LogP contribution in [0, 0.1) is 17.3 Å². The van der Waals surface area contributed by atoms with Gasteiger partial charge in [-0.25, -0.2) is 0 Å². The van der Waals surface area contributed by atoms with Crippen LogP contribution in [0.1, 0.15) is 30.0 Å². The van der Waals surface area contributed by atoms with Crippen molar-refractivity contribution in [1.29, 1.82) is 0 Å². The van der Waals surface area contributed by atoms with Crippen LogP contribution in [0.25, 0.3) is 0 Å². The molecule has 7 heteroatoms. The summed E-state index contributed by atoms with van der Waals surface area (Å²) in [6.07, 6.45) is 1.54. The fraction of sp³-hybridized carbons (Fsp3) is 0.316. The number of carbonyl (C=O) groups excluding carboxylic acids is 2. The molecule has 1 fully saturated rings. The van der Waals surface area contributed by atoms with Crippen molar-refractivity contribution in [3.05, 3.63) is 54.0 Å². The maximum atomic E-state index is 12.3. The molecule has 2 aromatic rings. The molecule has 2 atom stereocenters. The molecule has 2 amide bonds. The van der Waals surface area contributed by atoms with Gasteiger partial charge in [0.1, 0.15) is 5.76 Å². The van der Waals surface area contributed by atoms with E-state index in [9.17, 15) is 14.4 Å². The number of hydrogen-bond donors (Lipinski definition) is 3. The maximum absolute atomic E-state index is 12.3. The molecule has 2 unspecified atom stereocenters. The van der Waals surface area contributed by atoms with Gasteiger partial charge in [0.2, 0.25) is 5.91 Å². The van der Waals surface area contributed by atoms with Crippen molar-refractivity contribution in [3.8, 4) is 0 Å². The SMILES string of the molecule is CC1(C)C(C(=O)O)C1C(=O)Nc1ccc(C(=O)NCc2ccco2)cc1. The fourth-order valence-corrected chi connectivity index (χ4v) is 3.20. The molecule has 7 nitrogen and oxygen atoms in total. The number of carboxylic acid groups (broad SMARTS) is 1. The van der Waals surface area contributed by atoms with Gasteiger partial charge in [-0.15, -0.1) is 0 Å². The minimum atomic E-state index is -0.960. The van der Waals surface area contributed by atoms with Crippen LogP contribution in [-0.2, 0) is 16.1 Å². The highest BCUT2D eigenvalue weighted by atomic mass is 16.4. The molecule has 136 valence electrons. The van der Waals surface area contributed by atoms with Crippen molar-refractivity contribution in [2.75, 3.05) is 5.32 Å². The van der Waals surface area contributed by atoms with Gasteiger partial charge >= 0.3 is 5.97 Å². The van der Waals surface area contributed by atoms with Gasteiger partial charge in [0.25, 0.3) is 5.91 Å². The summed E-state index contributed by atoms with van der Waals surface area (Å²) in [5, 5.41) is 14.6. The van der Waals surface area contributed by atoms with Crippen molar-refractivity contribution in [1.82, 2.24) is 5.32 Å². The average Bonchev–Trinajstić information content (AvgIpc) is 2.94. The van der Waals surface area contributed by atoms with Crippen LogP contribution in [0.4, 0.5) is 5.69 Å². The predicted molar refractivity (Wildman–Crippen MR) is 93.3 cm³/mol. The number of amides is 2. The van der Waals surface area contributed by atoms with E-state index in [-0.39, 0.29) is 18.4 Å². The van der Waals surface area contributed by atoms with Crippen LogP contribution in [0.15, 0.2) is 47.1 Å². The monoisotopic (exact) mass is 356 g/mol. The number of hydrogen-bond acceptors (Lipinski definition) is 4. The van der Waals surface area contributed by atoms with Gasteiger partial charge in [0, 0.05) is 11.3 Å². The van der Waals surface area contributed by atoms with E-state index in [0.717, 1.165) is 0 Å². The maximum Gasteiger partial charge on any atom is 0.307 e. The van der Waals surface area contributed by atoms with E-state index in [4.69, 9.17) is 9.52 Å². The molecule has 3 N–H and O–H groups in total. The van der Waals surface area contributed by atoms with E-state index in [1.165, 1.54) is 6.26 Å². The van der Waals surface area contributed by atoms with E-state index < -0.39 is 23.2 Å². The van der Waals surface area contributed by atoms with Gasteiger partial charge < -0.3 is 20.2 Å². The first-order valence-electron chi connectivity index (χ1n) is 8.25. The van der Waals surface area contributed by atoms with Crippen LogP contribution in [0.3, 0.4) is 0 Å². The predicted octanol–water partition coefficient (Wildman–Crippen LogP) is 2.50. The number of aliphatic carboxylic acids is 1. The van der Waals surface area contributed by atoms with Crippen LogP contribution >= 0.6 is 0 Å². The Balaban J connectivity index is 1.57. The summed E-state index contributed by atoms with van der Waals surface area (Å²) in [6.45, 7) is 3.82. The van der Waals surface area contributed by atoms with Crippen molar-refractivity contribution in [3.63, 3.8) is 0 Å². The second-order valence-corrected chi connectivity index (χ2v) is 6.94. The second kappa shape index (κ2) is 6.67. The van der Waals surface area contributed by atoms with Crippen molar-refractivity contribution < 1.29 is 23.9 Å². The Morgan fingerprint density at radius 1 is 1.12 bits per heavy atom. The third kappa shape index (κ3) is 3.46. The minimum absolute atomic E-state index is 0.256. The van der Waals surface area contributed by atoms with Crippen molar-refractivity contribution in [2.24, 2.45) is 17.3 Å². The first kappa shape index (κ1) is 17.7. The summed E-state index contributed by atoms with van der Waals surface area (Å²) < 4.78 is 5.15. The molecule has 1 aromatic heterocycles. The summed E-state index contributed by atoms with van der Waals surface area (Å²) in [7, 11) is 0. The zero-order valence-electron chi connectivity index (χ0n) is 14.5. The standard InChI is InChI=1S/C19H20N2O5/c1-19(2)14(15(19)18(24)25)17(23)21-12-7-5-11(6-8-12)16(22)20-10-13-4-3-9-26-13/h3-9,14-15H,10H2,1-2H3,(H,20,22)(H,21,23)(H,24,25). The Morgan fingerprint density at radius 3 is 2.35 bits per heavy atom. The zero-order valence-corrected chi connectivity index (χ0v) is 14.5. The number of furan rings is 1. The molecular formula is C19H20N2O5. The number of carboxylic acids is 1. The lowest BCUT2D eigenvalue weighted by Gasteiger charge is -2.08. The van der Waals surface area contributed by atoms with Crippen LogP contribution in [0.2, 0.25) is 0 Å². The summed E-state index contributed by atoms with van der Waals surface area (Å²) >= 11 is 0. The number of nitrogens with one attached hydrogen (secondary N) is 2. The average molecular weight is 356 g/mol. The molecule has 0 spiro atoms. The lowest BCUT2D eigenvalue weighted by molar-refractivity contribution is -0.140. The lowest BCUT2D eigenvalue weighted by atomic mass is 10.1. The molecule has 1 aliphatic rings. The van der Waals surface area contributed by atoms with E-state index in [1.54, 1.807) is 50.2 Å². The highest BCUT2D eigenvalue weighted by Gasteiger charge is 2.65. The molecule has 0 saturated heterocycles. The first-order valence-corrected chi connectivity index (χ1v) is 8.25. The zero-order chi connectivity index (χ0) is 18.9. The smallest absolute Gasteiger partial charge is 0.307 e. The third-order valence-electron chi connectivity index (χ3n) is 4.79. The molecule has 0 radical (unpaired) electrons. The molecule has 0 bridgehead atoms. The third-order valence-corrected chi connectivity index (χ3v) is 4.79. The Labute approximate surface area is 150 Å². The Kier molecular flexibility index (Phi) is 4.54. The summed E-state index contributed by atoms with van der Waals surface area (Å²) in [5.74, 6) is -2.11. The summed E-state index contributed by atoms with van der Waals surface area (Å²) in [6, 6.07) is 9.94. The molecule has 3 rings (SSSR count). The molecule has 1 heterocycles. The summed E-state index contributed by atoms with van der Waals surface area (Å²) in [4.78, 5) is 35.6. The Hall–Kier alpha value is -3.09. The van der Waals surface area contributed by atoms with Gasteiger partial charge in [-0.05, 0) is 41.8 Å². The summed E-state index contributed by atoms with van der Waals surface area (Å²) in [5.41, 5.74) is 0.413. The normalized spacial score (nSPS) is 20.2. The van der Waals surface area contributed by atoms with Gasteiger partial charge in [-0.2, -0.15) is 0 Å². The number of rotatable bonds is 6. The fourth-order valence-electron chi connectivity index (χ4n) is 3.20. The van der Waals surface area contributed by atoms with Crippen molar-refractivity contribution in [2.45, 2.75) is 20.4 Å². The quantitative estimate of drug-likeness (QED) is 0.737. The van der Waals surface area contributed by atoms with E-state index in [2.05, 4.69) is 10.6 Å². The van der Waals surface area contributed by atoms with Crippen LogP contribution in [0.5, 0.6) is 0 Å². The van der Waals surface area contributed by atoms with Crippen LogP contribution < -0.4 is 10.6 Å². The van der Waals surface area contributed by atoms with E-state index >= 15 is 0 Å². The molecule has 1 saturated carbocycles. The molecule has 26 heavy (non-hydrogen) atoms. The first-order chi connectivity index (χ1) is 12.3. The second-order valence-electron chi connectivity index (χ2n) is 6.94. The van der Waals surface area contributed by atoms with Crippen molar-refractivity contribution >= 4 is 23.5 Å². The van der Waals surface area contributed by atoms with Gasteiger partial charge in [0.15, 0.2) is 0 Å². The Morgan fingerprint density at radius 2 is 1.81 bits per heavy atom. The van der Waals surface area contributed by atoms with Gasteiger partial charge in [-0.1, -0.05) is 13.8 Å². The number of carbonyl (C=O) groups is 3. The molecule has 1 aliphatic carbocycles. The Bertz CT molecular complexity index is 824. The van der Waals surface area contributed by atoms with E-state index in [0.29, 0.717) is 17.0 Å². The van der Waals surface area contributed by atoms with Gasteiger partial charge in [-0.3, -0.25) is 14.4 Å². The van der Waals surface area contributed by atoms with Crippen LogP contribution in [-0.4, -0.2) is 22.9 Å². The largest absolute Gasteiger partial charge is 0.481 e. The molecule has 1 aromatic carbocycles. The lowest BCUT2D eigenvalue weighted by Crippen LogP contribution is -2.22. The van der Waals surface area contributed by atoms with Gasteiger partial charge in [0.05, 0.1) is 24.6 Å². The highest BCUT2D eigenvalue weighted by Crippen LogP contribution is 2.58. The molecule has 0 aliphatic heterocycles. The number of anilines is 1. The van der Waals surface area contributed by atoms with E-state index in [1.807, 2.05) is 0 Å². The topological polar surface area (TPSA) is 109 Å². The highest BCUT2D eigenvalue weighted by molar-refractivity contribution is 6.00.